The van der Waals surface area contributed by atoms with Crippen molar-refractivity contribution in [1.29, 1.82) is 0 Å². The molecule has 3 heterocycles. The molecule has 192 valence electrons. The number of alkyl halides is 3. The van der Waals surface area contributed by atoms with Gasteiger partial charge in [0.1, 0.15) is 11.5 Å². The van der Waals surface area contributed by atoms with Crippen molar-refractivity contribution in [2.75, 3.05) is 40.7 Å². The van der Waals surface area contributed by atoms with Gasteiger partial charge < -0.3 is 9.80 Å². The highest BCUT2D eigenvalue weighted by atomic mass is 35.5. The van der Waals surface area contributed by atoms with Crippen molar-refractivity contribution in [1.82, 2.24) is 15.0 Å². The average molecular weight is 561 g/mol. The van der Waals surface area contributed by atoms with Gasteiger partial charge in [0.2, 0.25) is 5.95 Å². The van der Waals surface area contributed by atoms with E-state index in [0.717, 1.165) is 17.8 Å². The zero-order valence-electron chi connectivity index (χ0n) is 18.9. The molecule has 1 saturated heterocycles. The van der Waals surface area contributed by atoms with E-state index in [0.29, 0.717) is 43.4 Å². The number of hydrogen-bond donors (Lipinski definition) is 1. The summed E-state index contributed by atoms with van der Waals surface area (Å²) in [5.74, 6) is 0.441. The van der Waals surface area contributed by atoms with Crippen molar-refractivity contribution in [3.8, 4) is 0 Å². The maximum Gasteiger partial charge on any atom is 0.433 e. The molecule has 3 aromatic rings. The third-order valence-electron chi connectivity index (χ3n) is 5.54. The number of hydrogen-bond acceptors (Lipinski definition) is 7. The van der Waals surface area contributed by atoms with E-state index in [1.807, 2.05) is 4.90 Å². The zero-order chi connectivity index (χ0) is 26.1. The van der Waals surface area contributed by atoms with Crippen molar-refractivity contribution in [2.45, 2.75) is 24.4 Å². The van der Waals surface area contributed by atoms with Crippen molar-refractivity contribution in [3.63, 3.8) is 0 Å². The molecule has 0 bridgehead atoms. The number of nitrogens with zero attached hydrogens (tertiary/aromatic N) is 5. The molecule has 1 aliphatic heterocycles. The lowest BCUT2D eigenvalue weighted by atomic mass is 10.2. The van der Waals surface area contributed by atoms with Crippen LogP contribution in [0.25, 0.3) is 0 Å². The maximum atomic E-state index is 13.0. The quantitative estimate of drug-likeness (QED) is 0.468. The van der Waals surface area contributed by atoms with Crippen LogP contribution in [0.1, 0.15) is 17.7 Å². The lowest BCUT2D eigenvalue weighted by Gasteiger charge is -2.24. The summed E-state index contributed by atoms with van der Waals surface area (Å²) >= 11 is 12.5. The summed E-state index contributed by atoms with van der Waals surface area (Å²) in [7, 11) is -3.91. The van der Waals surface area contributed by atoms with Gasteiger partial charge in [0, 0.05) is 37.4 Å². The van der Waals surface area contributed by atoms with Gasteiger partial charge in [-0.3, -0.25) is 4.72 Å². The Morgan fingerprint density at radius 2 is 1.69 bits per heavy atom. The number of nitrogens with one attached hydrogen (secondary N) is 1. The van der Waals surface area contributed by atoms with Gasteiger partial charge in [0.25, 0.3) is 10.0 Å². The molecule has 0 radical (unpaired) electrons. The topological polar surface area (TPSA) is 91.3 Å². The van der Waals surface area contributed by atoms with Gasteiger partial charge in [-0.15, -0.1) is 0 Å². The Kier molecular flexibility index (Phi) is 7.48. The fourth-order valence-electron chi connectivity index (χ4n) is 3.66. The number of pyridine rings is 1. The first-order valence-electron chi connectivity index (χ1n) is 10.8. The largest absolute Gasteiger partial charge is 0.433 e. The monoisotopic (exact) mass is 560 g/mol. The van der Waals surface area contributed by atoms with Crippen molar-refractivity contribution in [2.24, 2.45) is 0 Å². The van der Waals surface area contributed by atoms with E-state index in [2.05, 4.69) is 19.7 Å². The van der Waals surface area contributed by atoms with E-state index < -0.39 is 21.9 Å². The molecule has 1 aromatic carbocycles. The number of aryl methyl sites for hydroxylation is 1. The summed E-state index contributed by atoms with van der Waals surface area (Å²) in [6, 6.07) is 6.71. The molecular weight excluding hydrogens is 540 g/mol. The minimum Gasteiger partial charge on any atom is -0.354 e. The summed E-state index contributed by atoms with van der Waals surface area (Å²) < 4.78 is 67.0. The molecule has 14 heteroatoms. The smallest absolute Gasteiger partial charge is 0.354 e. The van der Waals surface area contributed by atoms with Gasteiger partial charge in [0.15, 0.2) is 0 Å². The number of sulfonamides is 1. The standard InChI is InChI=1S/C22H21Cl2F3N6O2S/c1-14-3-4-16(12-17(14)23)36(34,35)31-15-11-18(24)20(29-13-15)32-7-2-8-33(10-9-32)21-28-6-5-19(30-21)22(25,26)27/h3-6,11-13,31H,2,7-10H2,1H3. The normalized spacial score (nSPS) is 15.1. The van der Waals surface area contributed by atoms with Crippen LogP contribution in [0.15, 0.2) is 47.6 Å². The second-order valence-corrected chi connectivity index (χ2v) is 10.6. The summed E-state index contributed by atoms with van der Waals surface area (Å²) in [5.41, 5.74) is -0.0705. The number of benzene rings is 1. The van der Waals surface area contributed by atoms with E-state index in [4.69, 9.17) is 23.2 Å². The Hall–Kier alpha value is -2.83. The SMILES string of the molecule is Cc1ccc(S(=O)(=O)Nc2cnc(N3CCCN(c4nccc(C(F)(F)F)n4)CC3)c(Cl)c2)cc1Cl. The van der Waals surface area contributed by atoms with E-state index in [-0.39, 0.29) is 21.6 Å². The third-order valence-corrected chi connectivity index (χ3v) is 7.60. The molecule has 8 nitrogen and oxygen atoms in total. The first-order chi connectivity index (χ1) is 16.9. The summed E-state index contributed by atoms with van der Waals surface area (Å²) in [5, 5.41) is 0.552. The number of aromatic nitrogens is 3. The summed E-state index contributed by atoms with van der Waals surface area (Å²) in [6.07, 6.45) is -1.51. The minimum absolute atomic E-state index is 0.00252. The Balaban J connectivity index is 1.47. The van der Waals surface area contributed by atoms with E-state index in [1.165, 1.54) is 24.4 Å². The van der Waals surface area contributed by atoms with E-state index in [1.54, 1.807) is 17.9 Å². The predicted octanol–water partition coefficient (Wildman–Crippen LogP) is 5.02. The molecule has 0 amide bonds. The van der Waals surface area contributed by atoms with Crippen LogP contribution < -0.4 is 14.5 Å². The van der Waals surface area contributed by atoms with Gasteiger partial charge in [-0.05, 0) is 43.2 Å². The molecule has 36 heavy (non-hydrogen) atoms. The number of rotatable bonds is 5. The van der Waals surface area contributed by atoms with Crippen molar-refractivity contribution < 1.29 is 21.6 Å². The molecule has 1 aliphatic rings. The summed E-state index contributed by atoms with van der Waals surface area (Å²) in [4.78, 5) is 15.6. The lowest BCUT2D eigenvalue weighted by Crippen LogP contribution is -2.32. The Labute approximate surface area is 216 Å². The van der Waals surface area contributed by atoms with Crippen molar-refractivity contribution >= 4 is 50.7 Å². The fraction of sp³-hybridized carbons (Fsp3) is 0.318. The van der Waals surface area contributed by atoms with E-state index >= 15 is 0 Å². The van der Waals surface area contributed by atoms with Crippen molar-refractivity contribution in [3.05, 3.63) is 64.0 Å². The molecule has 1 fully saturated rings. The van der Waals surface area contributed by atoms with E-state index in [9.17, 15) is 21.6 Å². The number of halogens is 5. The van der Waals surface area contributed by atoms with Crippen LogP contribution in [0.5, 0.6) is 0 Å². The molecular formula is C22H21Cl2F3N6O2S. The highest BCUT2D eigenvalue weighted by Gasteiger charge is 2.33. The molecule has 0 aliphatic carbocycles. The lowest BCUT2D eigenvalue weighted by molar-refractivity contribution is -0.141. The van der Waals surface area contributed by atoms with Gasteiger partial charge in [-0.2, -0.15) is 13.2 Å². The Bertz CT molecular complexity index is 1370. The fourth-order valence-corrected chi connectivity index (χ4v) is 5.25. The summed E-state index contributed by atoms with van der Waals surface area (Å²) in [6.45, 7) is 3.51. The molecule has 0 saturated carbocycles. The molecule has 2 aromatic heterocycles. The maximum absolute atomic E-state index is 13.0. The van der Waals surface area contributed by atoms with Gasteiger partial charge in [0.05, 0.1) is 21.8 Å². The molecule has 0 spiro atoms. The molecule has 1 N–H and O–H groups in total. The van der Waals surface area contributed by atoms with Crippen LogP contribution in [0.4, 0.5) is 30.6 Å². The van der Waals surface area contributed by atoms with Gasteiger partial charge in [-0.25, -0.2) is 23.4 Å². The second-order valence-electron chi connectivity index (χ2n) is 8.11. The van der Waals surface area contributed by atoms with Gasteiger partial charge in [-0.1, -0.05) is 29.3 Å². The van der Waals surface area contributed by atoms with Crippen LogP contribution in [-0.2, 0) is 16.2 Å². The first kappa shape index (κ1) is 26.2. The first-order valence-corrected chi connectivity index (χ1v) is 13.0. The van der Waals surface area contributed by atoms with Crippen LogP contribution in [-0.4, -0.2) is 49.5 Å². The zero-order valence-corrected chi connectivity index (χ0v) is 21.3. The second kappa shape index (κ2) is 10.3. The molecule has 0 unspecified atom stereocenters. The van der Waals surface area contributed by atoms with Crippen LogP contribution in [0.3, 0.4) is 0 Å². The predicted molar refractivity (Wildman–Crippen MR) is 132 cm³/mol. The average Bonchev–Trinajstić information content (AvgIpc) is 3.06. The third kappa shape index (κ3) is 5.93. The molecule has 0 atom stereocenters. The van der Waals surface area contributed by atoms with Crippen LogP contribution >= 0.6 is 23.2 Å². The number of anilines is 3. The Morgan fingerprint density at radius 1 is 0.972 bits per heavy atom. The van der Waals surface area contributed by atoms with Crippen LogP contribution in [0.2, 0.25) is 10.0 Å². The highest BCUT2D eigenvalue weighted by molar-refractivity contribution is 7.92. The Morgan fingerprint density at radius 3 is 2.39 bits per heavy atom. The molecule has 4 rings (SSSR count). The highest BCUT2D eigenvalue weighted by Crippen LogP contribution is 2.30. The van der Waals surface area contributed by atoms with Crippen LogP contribution in [0, 0.1) is 6.92 Å². The van der Waals surface area contributed by atoms with Gasteiger partial charge >= 0.3 is 6.18 Å². The minimum atomic E-state index is -4.55.